The molecule has 2 N–H and O–H groups in total. The van der Waals surface area contributed by atoms with E-state index in [0.717, 1.165) is 44.8 Å². The van der Waals surface area contributed by atoms with Crippen LogP contribution < -0.4 is 15.2 Å². The molecule has 3 aromatic rings. The Labute approximate surface area is 193 Å². The SMILES string of the molecule is CCCC(C)NS(=O)(=O)c1ccc(N2CCN(Cc3nc4ccccc4c(=O)[nH]3)CC2)nc1. The quantitative estimate of drug-likeness (QED) is 0.519. The van der Waals surface area contributed by atoms with E-state index >= 15 is 0 Å². The smallest absolute Gasteiger partial charge is 0.258 e. The third-order valence-electron chi connectivity index (χ3n) is 5.84. The van der Waals surface area contributed by atoms with Crippen LogP contribution in [0.1, 0.15) is 32.5 Å². The summed E-state index contributed by atoms with van der Waals surface area (Å²) in [6.45, 7) is 7.54. The van der Waals surface area contributed by atoms with Crippen LogP contribution in [0.25, 0.3) is 10.9 Å². The van der Waals surface area contributed by atoms with Crippen molar-refractivity contribution in [2.75, 3.05) is 31.1 Å². The molecule has 1 atom stereocenters. The second-order valence-electron chi connectivity index (χ2n) is 8.46. The molecule has 1 aliphatic rings. The van der Waals surface area contributed by atoms with Gasteiger partial charge in [-0.05, 0) is 37.6 Å². The Balaban J connectivity index is 1.36. The van der Waals surface area contributed by atoms with Crippen molar-refractivity contribution in [1.29, 1.82) is 0 Å². The number of H-pyrrole nitrogens is 1. The molecule has 3 heterocycles. The largest absolute Gasteiger partial charge is 0.354 e. The van der Waals surface area contributed by atoms with Crippen LogP contribution in [0, 0.1) is 0 Å². The summed E-state index contributed by atoms with van der Waals surface area (Å²) in [7, 11) is -3.57. The Morgan fingerprint density at radius 1 is 1.12 bits per heavy atom. The van der Waals surface area contributed by atoms with Crippen molar-refractivity contribution in [3.05, 3.63) is 58.8 Å². The first-order chi connectivity index (χ1) is 15.9. The molecule has 176 valence electrons. The molecule has 1 fully saturated rings. The Kier molecular flexibility index (Phi) is 7.06. The van der Waals surface area contributed by atoms with Gasteiger partial charge in [0.1, 0.15) is 16.5 Å². The van der Waals surface area contributed by atoms with Gasteiger partial charge in [-0.15, -0.1) is 0 Å². The van der Waals surface area contributed by atoms with Crippen LogP contribution >= 0.6 is 0 Å². The van der Waals surface area contributed by atoms with Gasteiger partial charge in [0.05, 0.1) is 17.4 Å². The van der Waals surface area contributed by atoms with E-state index in [1.54, 1.807) is 18.2 Å². The van der Waals surface area contributed by atoms with Gasteiger partial charge in [-0.1, -0.05) is 25.5 Å². The molecule has 2 aromatic heterocycles. The minimum absolute atomic E-state index is 0.111. The van der Waals surface area contributed by atoms with Crippen molar-refractivity contribution in [3.8, 4) is 0 Å². The van der Waals surface area contributed by atoms with E-state index in [-0.39, 0.29) is 16.5 Å². The maximum Gasteiger partial charge on any atom is 0.258 e. The number of para-hydroxylation sites is 1. The number of aromatic amines is 1. The van der Waals surface area contributed by atoms with E-state index in [2.05, 4.69) is 29.5 Å². The number of pyridine rings is 1. The van der Waals surface area contributed by atoms with Gasteiger partial charge < -0.3 is 9.88 Å². The fraction of sp³-hybridized carbons (Fsp3) is 0.435. The normalized spacial score (nSPS) is 16.2. The van der Waals surface area contributed by atoms with Crippen LogP contribution in [-0.4, -0.2) is 60.5 Å². The van der Waals surface area contributed by atoms with Crippen LogP contribution in [0.4, 0.5) is 5.82 Å². The fourth-order valence-corrected chi connectivity index (χ4v) is 5.32. The summed E-state index contributed by atoms with van der Waals surface area (Å²) in [5.74, 6) is 1.41. The molecule has 9 nitrogen and oxygen atoms in total. The molecule has 1 saturated heterocycles. The van der Waals surface area contributed by atoms with E-state index in [9.17, 15) is 13.2 Å². The van der Waals surface area contributed by atoms with Crippen molar-refractivity contribution in [2.24, 2.45) is 0 Å². The predicted octanol–water partition coefficient (Wildman–Crippen LogP) is 2.11. The zero-order valence-corrected chi connectivity index (χ0v) is 19.8. The summed E-state index contributed by atoms with van der Waals surface area (Å²) in [4.78, 5) is 28.7. The first-order valence-corrected chi connectivity index (χ1v) is 12.8. The molecule has 0 saturated carbocycles. The Morgan fingerprint density at radius 3 is 2.58 bits per heavy atom. The molecule has 0 spiro atoms. The molecular weight excluding hydrogens is 440 g/mol. The summed E-state index contributed by atoms with van der Waals surface area (Å²) in [5, 5.41) is 0.595. The van der Waals surface area contributed by atoms with Gasteiger partial charge in [0.2, 0.25) is 10.0 Å². The molecule has 4 rings (SSSR count). The Bertz CT molecular complexity index is 1250. The van der Waals surface area contributed by atoms with Gasteiger partial charge in [-0.2, -0.15) is 0 Å². The highest BCUT2D eigenvalue weighted by Gasteiger charge is 2.21. The first kappa shape index (κ1) is 23.3. The zero-order chi connectivity index (χ0) is 23.4. The number of nitrogens with zero attached hydrogens (tertiary/aromatic N) is 4. The van der Waals surface area contributed by atoms with Crippen LogP contribution in [0.15, 0.2) is 52.3 Å². The first-order valence-electron chi connectivity index (χ1n) is 11.3. The molecule has 1 aromatic carbocycles. The zero-order valence-electron chi connectivity index (χ0n) is 19.0. The molecule has 0 amide bonds. The van der Waals surface area contributed by atoms with Gasteiger partial charge in [0, 0.05) is 38.4 Å². The number of hydrogen-bond acceptors (Lipinski definition) is 7. The lowest BCUT2D eigenvalue weighted by molar-refractivity contribution is 0.243. The second-order valence-corrected chi connectivity index (χ2v) is 10.2. The fourth-order valence-electron chi connectivity index (χ4n) is 4.10. The van der Waals surface area contributed by atoms with Gasteiger partial charge in [-0.3, -0.25) is 9.69 Å². The highest BCUT2D eigenvalue weighted by molar-refractivity contribution is 7.89. The monoisotopic (exact) mass is 470 g/mol. The van der Waals surface area contributed by atoms with E-state index < -0.39 is 10.0 Å². The number of rotatable bonds is 8. The molecular formula is C23H30N6O3S. The molecule has 1 unspecified atom stereocenters. The Morgan fingerprint density at radius 2 is 1.88 bits per heavy atom. The molecule has 0 radical (unpaired) electrons. The lowest BCUT2D eigenvalue weighted by atomic mass is 10.2. The lowest BCUT2D eigenvalue weighted by Gasteiger charge is -2.35. The highest BCUT2D eigenvalue weighted by atomic mass is 32.2. The van der Waals surface area contributed by atoms with Gasteiger partial charge in [0.15, 0.2) is 0 Å². The second kappa shape index (κ2) is 9.98. The van der Waals surface area contributed by atoms with Gasteiger partial charge in [0.25, 0.3) is 5.56 Å². The van der Waals surface area contributed by atoms with Gasteiger partial charge in [-0.25, -0.2) is 23.1 Å². The standard InChI is InChI=1S/C23H30N6O3S/c1-3-6-17(2)27-33(31,32)18-9-10-22(24-15-18)29-13-11-28(12-14-29)16-21-25-20-8-5-4-7-19(20)23(30)26-21/h4-5,7-10,15,17,27H,3,6,11-14,16H2,1-2H3,(H,25,26,30). The van der Waals surface area contributed by atoms with Gasteiger partial charge >= 0.3 is 0 Å². The van der Waals surface area contributed by atoms with E-state index in [1.165, 1.54) is 6.20 Å². The molecule has 10 heteroatoms. The third-order valence-corrected chi connectivity index (χ3v) is 7.42. The van der Waals surface area contributed by atoms with E-state index in [0.29, 0.717) is 23.3 Å². The minimum atomic E-state index is -3.57. The summed E-state index contributed by atoms with van der Waals surface area (Å²) in [5.41, 5.74) is 0.583. The van der Waals surface area contributed by atoms with Crippen molar-refractivity contribution < 1.29 is 8.42 Å². The topological polar surface area (TPSA) is 111 Å². The van der Waals surface area contributed by atoms with E-state index in [4.69, 9.17) is 0 Å². The van der Waals surface area contributed by atoms with Crippen molar-refractivity contribution >= 4 is 26.7 Å². The van der Waals surface area contributed by atoms with Crippen LogP contribution in [-0.2, 0) is 16.6 Å². The number of benzene rings is 1. The Hall–Kier alpha value is -2.82. The lowest BCUT2D eigenvalue weighted by Crippen LogP contribution is -2.46. The third kappa shape index (κ3) is 5.58. The van der Waals surface area contributed by atoms with Crippen LogP contribution in [0.2, 0.25) is 0 Å². The molecule has 0 bridgehead atoms. The molecule has 0 aliphatic carbocycles. The number of piperazine rings is 1. The number of sulfonamides is 1. The highest BCUT2D eigenvalue weighted by Crippen LogP contribution is 2.18. The molecule has 33 heavy (non-hydrogen) atoms. The predicted molar refractivity (Wildman–Crippen MR) is 129 cm³/mol. The average molecular weight is 471 g/mol. The van der Waals surface area contributed by atoms with Crippen LogP contribution in [0.3, 0.4) is 0 Å². The maximum atomic E-state index is 12.5. The van der Waals surface area contributed by atoms with E-state index in [1.807, 2.05) is 32.0 Å². The summed E-state index contributed by atoms with van der Waals surface area (Å²) >= 11 is 0. The number of nitrogens with one attached hydrogen (secondary N) is 2. The maximum absolute atomic E-state index is 12.5. The summed E-state index contributed by atoms with van der Waals surface area (Å²) in [6, 6.07) is 10.6. The molecule has 1 aliphatic heterocycles. The summed E-state index contributed by atoms with van der Waals surface area (Å²) < 4.78 is 27.7. The number of fused-ring (bicyclic) bond motifs is 1. The number of anilines is 1. The number of hydrogen-bond donors (Lipinski definition) is 2. The van der Waals surface area contributed by atoms with Crippen molar-refractivity contribution in [1.82, 2.24) is 24.6 Å². The average Bonchev–Trinajstić information content (AvgIpc) is 2.79. The number of aromatic nitrogens is 3. The van der Waals surface area contributed by atoms with Crippen molar-refractivity contribution in [3.63, 3.8) is 0 Å². The summed E-state index contributed by atoms with van der Waals surface area (Å²) in [6.07, 6.45) is 3.13. The minimum Gasteiger partial charge on any atom is -0.354 e. The van der Waals surface area contributed by atoms with Crippen molar-refractivity contribution in [2.45, 2.75) is 44.2 Å². The van der Waals surface area contributed by atoms with Crippen LogP contribution in [0.5, 0.6) is 0 Å².